The fraction of sp³-hybridized carbons (Fsp3) is 0.128. The Morgan fingerprint density at radius 1 is 0.659 bits per heavy atom. The molecule has 5 heteroatoms. The third kappa shape index (κ3) is 4.00. The van der Waals surface area contributed by atoms with Gasteiger partial charge in [0.1, 0.15) is 0 Å². The smallest absolute Gasteiger partial charge is 0.197 e. The molecule has 0 atom stereocenters. The molecule has 2 aliphatic carbocycles. The number of rotatable bonds is 4. The summed E-state index contributed by atoms with van der Waals surface area (Å²) in [4.78, 5) is 30.7. The highest BCUT2D eigenvalue weighted by Crippen LogP contribution is 2.58. The number of benzene rings is 4. The summed E-state index contributed by atoms with van der Waals surface area (Å²) in [5.41, 5.74) is 10.8. The summed E-state index contributed by atoms with van der Waals surface area (Å²) in [5.74, 6) is -0.362. The van der Waals surface area contributed by atoms with E-state index in [0.717, 1.165) is 21.9 Å². The van der Waals surface area contributed by atoms with Gasteiger partial charge >= 0.3 is 0 Å². The molecule has 8 rings (SSSR count). The number of hydrogen-bond donors (Lipinski definition) is 0. The van der Waals surface area contributed by atoms with Crippen molar-refractivity contribution in [3.8, 4) is 10.4 Å². The molecule has 0 fully saturated rings. The van der Waals surface area contributed by atoms with Crippen LogP contribution in [0.25, 0.3) is 25.9 Å². The summed E-state index contributed by atoms with van der Waals surface area (Å²) in [6.45, 7) is 8.86. The number of hydrogen-bond acceptors (Lipinski definition) is 5. The molecule has 2 heterocycles. The molecule has 0 spiro atoms. The lowest BCUT2D eigenvalue weighted by atomic mass is 9.82. The van der Waals surface area contributed by atoms with Crippen LogP contribution in [0.5, 0.6) is 0 Å². The van der Waals surface area contributed by atoms with Gasteiger partial charge in [-0.2, -0.15) is 0 Å². The number of ketones is 2. The van der Waals surface area contributed by atoms with Gasteiger partial charge in [0.2, 0.25) is 0 Å². The van der Waals surface area contributed by atoms with E-state index in [2.05, 4.69) is 105 Å². The molecule has 0 unspecified atom stereocenters. The molecule has 0 radical (unpaired) electrons. The predicted octanol–water partition coefficient (Wildman–Crippen LogP) is 10.8. The Bertz CT molecular complexity index is 2110. The van der Waals surface area contributed by atoms with Gasteiger partial charge in [0, 0.05) is 48.1 Å². The summed E-state index contributed by atoms with van der Waals surface area (Å²) in [6.07, 6.45) is 1.79. The van der Waals surface area contributed by atoms with Crippen molar-refractivity contribution < 1.29 is 9.59 Å². The standard InChI is InChI=1S/C39H29NO2S2/c1-22-9-13-24(14-10-22)40(25-15-11-23(2)12-16-25)26-17-18-30-32(19-26)39(3,4)34-37(30)44-33-21-27(43-38(33)34)20-31-35(41)28-7-5-6-8-29(28)36(31)42/h5-21H,1-4H3. The Labute approximate surface area is 264 Å². The molecule has 6 aromatic rings. The minimum Gasteiger partial charge on any atom is -0.310 e. The van der Waals surface area contributed by atoms with Crippen molar-refractivity contribution in [2.45, 2.75) is 33.1 Å². The molecule has 3 nitrogen and oxygen atoms in total. The Morgan fingerprint density at radius 3 is 1.82 bits per heavy atom. The first-order chi connectivity index (χ1) is 21.2. The first-order valence-electron chi connectivity index (χ1n) is 14.8. The van der Waals surface area contributed by atoms with Crippen LogP contribution < -0.4 is 4.90 Å². The second-order valence-corrected chi connectivity index (χ2v) is 14.4. The van der Waals surface area contributed by atoms with Crippen LogP contribution >= 0.6 is 22.7 Å². The monoisotopic (exact) mass is 607 g/mol. The van der Waals surface area contributed by atoms with Crippen LogP contribution in [0.15, 0.2) is 103 Å². The van der Waals surface area contributed by atoms with E-state index in [4.69, 9.17) is 0 Å². The quantitative estimate of drug-likeness (QED) is 0.148. The highest BCUT2D eigenvalue weighted by molar-refractivity contribution is 7.30. The van der Waals surface area contributed by atoms with Gasteiger partial charge < -0.3 is 4.90 Å². The lowest BCUT2D eigenvalue weighted by molar-refractivity contribution is 0.0990. The van der Waals surface area contributed by atoms with Crippen molar-refractivity contribution in [1.82, 2.24) is 0 Å². The Hall–Kier alpha value is -4.58. The van der Waals surface area contributed by atoms with Crippen molar-refractivity contribution in [1.29, 1.82) is 0 Å². The number of aryl methyl sites for hydroxylation is 2. The summed E-state index contributed by atoms with van der Waals surface area (Å²) >= 11 is 3.48. The Morgan fingerprint density at radius 2 is 1.23 bits per heavy atom. The van der Waals surface area contributed by atoms with E-state index in [9.17, 15) is 9.59 Å². The van der Waals surface area contributed by atoms with Gasteiger partial charge in [-0.15, -0.1) is 22.7 Å². The van der Waals surface area contributed by atoms with Gasteiger partial charge in [0.05, 0.1) is 10.3 Å². The van der Waals surface area contributed by atoms with E-state index in [1.165, 1.54) is 42.1 Å². The minimum atomic E-state index is -0.213. The van der Waals surface area contributed by atoms with Crippen molar-refractivity contribution in [3.05, 3.63) is 141 Å². The number of Topliss-reactive ketones (excluding diaryl/α,β-unsaturated/α-hetero) is 2. The molecule has 0 saturated carbocycles. The molecule has 2 aromatic heterocycles. The van der Waals surface area contributed by atoms with E-state index in [1.807, 2.05) is 12.1 Å². The first kappa shape index (κ1) is 27.0. The maximum atomic E-state index is 13.0. The number of allylic oxidation sites excluding steroid dienone is 1. The summed E-state index contributed by atoms with van der Waals surface area (Å²) in [7, 11) is 0. The zero-order valence-corrected chi connectivity index (χ0v) is 26.5. The van der Waals surface area contributed by atoms with Crippen LogP contribution in [0.3, 0.4) is 0 Å². The number of nitrogens with zero attached hydrogens (tertiary/aromatic N) is 1. The van der Waals surface area contributed by atoms with Crippen molar-refractivity contribution in [2.75, 3.05) is 4.90 Å². The van der Waals surface area contributed by atoms with Crippen LogP contribution in [0, 0.1) is 13.8 Å². The number of fused-ring (bicyclic) bond motifs is 6. The maximum Gasteiger partial charge on any atom is 0.197 e. The minimum absolute atomic E-state index is 0.181. The van der Waals surface area contributed by atoms with E-state index in [0.29, 0.717) is 11.1 Å². The molecular weight excluding hydrogens is 579 g/mol. The van der Waals surface area contributed by atoms with E-state index in [-0.39, 0.29) is 22.6 Å². The van der Waals surface area contributed by atoms with Gasteiger partial charge in [-0.05, 0) is 79.1 Å². The van der Waals surface area contributed by atoms with Crippen LogP contribution in [0.1, 0.15) is 61.7 Å². The second-order valence-electron chi connectivity index (χ2n) is 12.3. The van der Waals surface area contributed by atoms with E-state index < -0.39 is 0 Å². The summed E-state index contributed by atoms with van der Waals surface area (Å²) < 4.78 is 2.44. The fourth-order valence-corrected chi connectivity index (χ4v) is 9.58. The fourth-order valence-electron chi connectivity index (χ4n) is 6.64. The molecule has 0 N–H and O–H groups in total. The maximum absolute atomic E-state index is 13.0. The third-order valence-electron chi connectivity index (χ3n) is 8.96. The topological polar surface area (TPSA) is 37.4 Å². The van der Waals surface area contributed by atoms with Crippen molar-refractivity contribution in [3.63, 3.8) is 0 Å². The zero-order valence-electron chi connectivity index (χ0n) is 24.9. The summed E-state index contributed by atoms with van der Waals surface area (Å²) in [5, 5.41) is 0. The van der Waals surface area contributed by atoms with Gasteiger partial charge in [-0.1, -0.05) is 79.6 Å². The van der Waals surface area contributed by atoms with Gasteiger partial charge in [0.25, 0.3) is 0 Å². The van der Waals surface area contributed by atoms with Crippen LogP contribution in [-0.4, -0.2) is 11.6 Å². The largest absolute Gasteiger partial charge is 0.310 e. The normalized spacial score (nSPS) is 14.6. The highest BCUT2D eigenvalue weighted by atomic mass is 32.1. The molecule has 4 aromatic carbocycles. The SMILES string of the molecule is Cc1ccc(N(c2ccc(C)cc2)c2ccc3c(c2)C(C)(C)c2c-3sc3cc(C=C4C(=O)c5ccccc5C4=O)sc23)cc1. The Kier molecular flexibility index (Phi) is 5.96. The predicted molar refractivity (Wildman–Crippen MR) is 185 cm³/mol. The van der Waals surface area contributed by atoms with E-state index >= 15 is 0 Å². The molecular formula is C39H29NO2S2. The van der Waals surface area contributed by atoms with Crippen LogP contribution in [0.4, 0.5) is 17.1 Å². The van der Waals surface area contributed by atoms with Crippen LogP contribution in [-0.2, 0) is 5.41 Å². The average Bonchev–Trinajstić information content (AvgIpc) is 3.70. The number of carbonyl (C=O) groups is 2. The average molecular weight is 608 g/mol. The molecule has 2 aliphatic rings. The lowest BCUT2D eigenvalue weighted by Crippen LogP contribution is -2.16. The van der Waals surface area contributed by atoms with Crippen LogP contribution in [0.2, 0.25) is 0 Å². The lowest BCUT2D eigenvalue weighted by Gasteiger charge is -2.28. The van der Waals surface area contributed by atoms with Gasteiger partial charge in [-0.25, -0.2) is 0 Å². The van der Waals surface area contributed by atoms with Crippen molar-refractivity contribution >= 4 is 66.8 Å². The number of thiophene rings is 2. The third-order valence-corrected chi connectivity index (χ3v) is 11.4. The zero-order chi connectivity index (χ0) is 30.3. The Balaban J connectivity index is 1.21. The molecule has 0 aliphatic heterocycles. The molecule has 0 bridgehead atoms. The first-order valence-corrected chi connectivity index (χ1v) is 16.4. The second kappa shape index (κ2) is 9.71. The van der Waals surface area contributed by atoms with E-state index in [1.54, 1.807) is 40.9 Å². The van der Waals surface area contributed by atoms with Crippen molar-refractivity contribution in [2.24, 2.45) is 0 Å². The summed E-state index contributed by atoms with van der Waals surface area (Å²) in [6, 6.07) is 33.5. The molecule has 44 heavy (non-hydrogen) atoms. The van der Waals surface area contributed by atoms with Gasteiger partial charge in [0.15, 0.2) is 11.6 Å². The number of anilines is 3. The highest BCUT2D eigenvalue weighted by Gasteiger charge is 2.40. The molecule has 214 valence electrons. The number of carbonyl (C=O) groups excluding carboxylic acids is 2. The van der Waals surface area contributed by atoms with Gasteiger partial charge in [-0.3, -0.25) is 9.59 Å². The molecule has 0 saturated heterocycles. The molecule has 0 amide bonds.